The number of aryl methyl sites for hydroxylation is 1. The summed E-state index contributed by atoms with van der Waals surface area (Å²) >= 11 is 1.98. The van der Waals surface area contributed by atoms with Crippen molar-refractivity contribution in [1.29, 1.82) is 0 Å². The van der Waals surface area contributed by atoms with E-state index < -0.39 is 6.36 Å². The number of halogens is 4. The molecule has 0 N–H and O–H groups in total. The summed E-state index contributed by atoms with van der Waals surface area (Å²) in [6, 6.07) is 2.48. The van der Waals surface area contributed by atoms with Crippen molar-refractivity contribution >= 4 is 22.6 Å². The summed E-state index contributed by atoms with van der Waals surface area (Å²) in [5, 5.41) is 0. The number of methoxy groups -OCH3 is 1. The van der Waals surface area contributed by atoms with Crippen LogP contribution in [0.15, 0.2) is 12.1 Å². The monoisotopic (exact) mass is 362 g/mol. The summed E-state index contributed by atoms with van der Waals surface area (Å²) in [5.74, 6) is -0.00628. The van der Waals surface area contributed by atoms with Gasteiger partial charge in [0.05, 0.1) is 3.57 Å². The molecule has 1 aromatic rings. The lowest BCUT2D eigenvalue weighted by Gasteiger charge is -2.13. The van der Waals surface area contributed by atoms with Crippen LogP contribution in [-0.2, 0) is 4.74 Å². The van der Waals surface area contributed by atoms with E-state index >= 15 is 0 Å². The maximum Gasteiger partial charge on any atom is 0.573 e. The summed E-state index contributed by atoms with van der Waals surface area (Å²) in [6.45, 7) is 1.63. The van der Waals surface area contributed by atoms with Crippen molar-refractivity contribution in [3.63, 3.8) is 0 Å². The highest BCUT2D eigenvalue weighted by atomic mass is 127. The minimum Gasteiger partial charge on any atom is -0.466 e. The molecule has 0 amide bonds. The molecule has 96 valence electrons. The van der Waals surface area contributed by atoms with Crippen LogP contribution in [0.5, 0.6) is 11.5 Å². The fourth-order valence-electron chi connectivity index (χ4n) is 1.13. The third-order valence-corrected chi connectivity index (χ3v) is 3.14. The second-order valence-electron chi connectivity index (χ2n) is 3.15. The first-order valence-electron chi connectivity index (χ1n) is 4.51. The van der Waals surface area contributed by atoms with Gasteiger partial charge in [0.15, 0.2) is 6.79 Å². The van der Waals surface area contributed by atoms with Crippen molar-refractivity contribution < 1.29 is 27.4 Å². The van der Waals surface area contributed by atoms with Crippen LogP contribution in [0.3, 0.4) is 0 Å². The number of hydrogen-bond donors (Lipinski definition) is 0. The molecule has 17 heavy (non-hydrogen) atoms. The molecule has 7 heteroatoms. The quantitative estimate of drug-likeness (QED) is 0.607. The second kappa shape index (κ2) is 5.76. The molecule has 0 radical (unpaired) electrons. The molecule has 0 spiro atoms. The van der Waals surface area contributed by atoms with E-state index in [2.05, 4.69) is 4.74 Å². The average Bonchev–Trinajstić information content (AvgIpc) is 2.18. The van der Waals surface area contributed by atoms with Gasteiger partial charge in [-0.25, -0.2) is 0 Å². The lowest BCUT2D eigenvalue weighted by Crippen LogP contribution is -2.17. The van der Waals surface area contributed by atoms with Crippen molar-refractivity contribution in [2.75, 3.05) is 13.9 Å². The molecule has 0 heterocycles. The Bertz CT molecular complexity index is 393. The number of benzene rings is 1. The van der Waals surface area contributed by atoms with Gasteiger partial charge in [-0.2, -0.15) is 0 Å². The Morgan fingerprint density at radius 3 is 2.47 bits per heavy atom. The molecule has 0 aromatic heterocycles. The molecule has 3 nitrogen and oxygen atoms in total. The van der Waals surface area contributed by atoms with Gasteiger partial charge in [-0.05, 0) is 41.1 Å². The van der Waals surface area contributed by atoms with Crippen LogP contribution in [0.25, 0.3) is 0 Å². The van der Waals surface area contributed by atoms with Crippen molar-refractivity contribution in [1.82, 2.24) is 0 Å². The van der Waals surface area contributed by atoms with Crippen molar-refractivity contribution in [3.8, 4) is 11.5 Å². The summed E-state index contributed by atoms with van der Waals surface area (Å²) in [7, 11) is 1.43. The van der Waals surface area contributed by atoms with Gasteiger partial charge < -0.3 is 14.2 Å². The van der Waals surface area contributed by atoms with Crippen LogP contribution in [0.2, 0.25) is 0 Å². The number of alkyl halides is 3. The molecule has 0 aliphatic carbocycles. The van der Waals surface area contributed by atoms with E-state index in [1.165, 1.54) is 19.2 Å². The van der Waals surface area contributed by atoms with Gasteiger partial charge >= 0.3 is 6.36 Å². The Labute approximate surface area is 110 Å². The topological polar surface area (TPSA) is 27.7 Å². The smallest absolute Gasteiger partial charge is 0.466 e. The van der Waals surface area contributed by atoms with Gasteiger partial charge in [-0.3, -0.25) is 0 Å². The van der Waals surface area contributed by atoms with Gasteiger partial charge in [-0.1, -0.05) is 0 Å². The predicted molar refractivity (Wildman–Crippen MR) is 63.1 cm³/mol. The highest BCUT2D eigenvalue weighted by molar-refractivity contribution is 14.1. The fourth-order valence-corrected chi connectivity index (χ4v) is 1.59. The Kier molecular flexibility index (Phi) is 4.87. The predicted octanol–water partition coefficient (Wildman–Crippen LogP) is 3.48. The molecule has 0 aliphatic heterocycles. The highest BCUT2D eigenvalue weighted by Gasteiger charge is 2.31. The van der Waals surface area contributed by atoms with E-state index in [0.29, 0.717) is 14.9 Å². The van der Waals surface area contributed by atoms with Crippen LogP contribution in [0.4, 0.5) is 13.2 Å². The average molecular weight is 362 g/mol. The van der Waals surface area contributed by atoms with Crippen LogP contribution < -0.4 is 9.47 Å². The van der Waals surface area contributed by atoms with Crippen molar-refractivity contribution in [3.05, 3.63) is 21.3 Å². The zero-order valence-corrected chi connectivity index (χ0v) is 11.3. The van der Waals surface area contributed by atoms with E-state index in [-0.39, 0.29) is 12.5 Å². The van der Waals surface area contributed by atoms with Crippen LogP contribution in [-0.4, -0.2) is 20.3 Å². The van der Waals surface area contributed by atoms with E-state index in [9.17, 15) is 13.2 Å². The third kappa shape index (κ3) is 4.58. The third-order valence-electron chi connectivity index (χ3n) is 1.76. The van der Waals surface area contributed by atoms with Gasteiger partial charge in [0.1, 0.15) is 11.5 Å². The molecule has 0 bridgehead atoms. The van der Waals surface area contributed by atoms with Crippen molar-refractivity contribution in [2.24, 2.45) is 0 Å². The van der Waals surface area contributed by atoms with E-state index in [1.807, 2.05) is 22.6 Å². The zero-order valence-electron chi connectivity index (χ0n) is 9.10. The molecule has 1 aromatic carbocycles. The molecule has 0 saturated heterocycles. The summed E-state index contributed by atoms with van der Waals surface area (Å²) in [4.78, 5) is 0. The van der Waals surface area contributed by atoms with E-state index in [0.717, 1.165) is 0 Å². The minimum atomic E-state index is -4.71. The zero-order chi connectivity index (χ0) is 13.1. The Balaban J connectivity index is 2.97. The molecule has 0 atom stereocenters. The van der Waals surface area contributed by atoms with E-state index in [4.69, 9.17) is 9.47 Å². The summed E-state index contributed by atoms with van der Waals surface area (Å²) < 4.78 is 50.6. The molecular formula is C10H10F3IO3. The summed E-state index contributed by atoms with van der Waals surface area (Å²) in [5.41, 5.74) is 0.637. The second-order valence-corrected chi connectivity index (χ2v) is 4.23. The van der Waals surface area contributed by atoms with Crippen molar-refractivity contribution in [2.45, 2.75) is 13.3 Å². The first-order chi connectivity index (χ1) is 7.83. The fraction of sp³-hybridized carbons (Fsp3) is 0.400. The highest BCUT2D eigenvalue weighted by Crippen LogP contribution is 2.32. The number of rotatable bonds is 4. The van der Waals surface area contributed by atoms with Gasteiger partial charge in [0.25, 0.3) is 0 Å². The van der Waals surface area contributed by atoms with Crippen LogP contribution in [0.1, 0.15) is 5.56 Å². The normalized spacial score (nSPS) is 11.4. The minimum absolute atomic E-state index is 0.0368. The van der Waals surface area contributed by atoms with Crippen LogP contribution >= 0.6 is 22.6 Å². The molecular weight excluding hydrogens is 352 g/mol. The Morgan fingerprint density at radius 2 is 1.94 bits per heavy atom. The molecule has 0 saturated carbocycles. The summed E-state index contributed by atoms with van der Waals surface area (Å²) in [6.07, 6.45) is -4.71. The largest absolute Gasteiger partial charge is 0.573 e. The Hall–Kier alpha value is -0.700. The van der Waals surface area contributed by atoms with Gasteiger partial charge in [0.2, 0.25) is 0 Å². The lowest BCUT2D eigenvalue weighted by molar-refractivity contribution is -0.274. The Morgan fingerprint density at radius 1 is 1.29 bits per heavy atom. The lowest BCUT2D eigenvalue weighted by atomic mass is 10.2. The standard InChI is InChI=1S/C10H10F3IO3/c1-6-3-7(17-10(11,12)13)4-8(9(6)14)16-5-15-2/h3-4H,5H2,1-2H3. The molecule has 0 unspecified atom stereocenters. The SMILES string of the molecule is COCOc1cc(OC(F)(F)F)cc(C)c1I. The van der Waals surface area contributed by atoms with Gasteiger partial charge in [0, 0.05) is 13.2 Å². The number of hydrogen-bond acceptors (Lipinski definition) is 3. The number of ether oxygens (including phenoxy) is 3. The van der Waals surface area contributed by atoms with Gasteiger partial charge in [-0.15, -0.1) is 13.2 Å². The molecule has 0 aliphatic rings. The van der Waals surface area contributed by atoms with Crippen LogP contribution in [0, 0.1) is 10.5 Å². The van der Waals surface area contributed by atoms with E-state index in [1.54, 1.807) is 6.92 Å². The maximum atomic E-state index is 12.1. The molecule has 1 rings (SSSR count). The maximum absolute atomic E-state index is 12.1. The first-order valence-corrected chi connectivity index (χ1v) is 5.59. The molecule has 0 fully saturated rings. The first kappa shape index (κ1) is 14.4.